The van der Waals surface area contributed by atoms with Gasteiger partial charge in [0.15, 0.2) is 0 Å². The highest BCUT2D eigenvalue weighted by molar-refractivity contribution is 5.91. The fourth-order valence-electron chi connectivity index (χ4n) is 2.68. The minimum Gasteiger partial charge on any atom is -0.406 e. The standard InChI is InChI=1S/C19H15F3N4O4/c1-12-10-17(25(24-12)14-4-6-15(7-5-14)26(28)29)23-18(27)11-13-2-8-16(9-3-13)30-19(20,21)22/h2-10H,11H2,1H3,(H,23,27). The van der Waals surface area contributed by atoms with Gasteiger partial charge in [0.2, 0.25) is 5.91 Å². The van der Waals surface area contributed by atoms with Crippen molar-refractivity contribution in [1.82, 2.24) is 9.78 Å². The molecule has 0 aliphatic carbocycles. The molecule has 11 heteroatoms. The SMILES string of the molecule is Cc1cc(NC(=O)Cc2ccc(OC(F)(F)F)cc2)n(-c2ccc([N+](=O)[O-])cc2)n1. The summed E-state index contributed by atoms with van der Waals surface area (Å²) in [5.74, 6) is -0.440. The monoisotopic (exact) mass is 420 g/mol. The summed E-state index contributed by atoms with van der Waals surface area (Å²) < 4.78 is 41.8. The topological polar surface area (TPSA) is 99.3 Å². The van der Waals surface area contributed by atoms with Gasteiger partial charge in [-0.25, -0.2) is 4.68 Å². The molecule has 0 saturated carbocycles. The number of non-ortho nitro benzene ring substituents is 1. The molecular formula is C19H15F3N4O4. The van der Waals surface area contributed by atoms with Gasteiger partial charge in [0.05, 0.1) is 22.7 Å². The van der Waals surface area contributed by atoms with Gasteiger partial charge in [-0.15, -0.1) is 13.2 Å². The van der Waals surface area contributed by atoms with E-state index in [4.69, 9.17) is 0 Å². The van der Waals surface area contributed by atoms with Gasteiger partial charge in [-0.2, -0.15) is 5.10 Å². The van der Waals surface area contributed by atoms with Crippen molar-refractivity contribution < 1.29 is 27.6 Å². The van der Waals surface area contributed by atoms with Crippen LogP contribution >= 0.6 is 0 Å². The van der Waals surface area contributed by atoms with E-state index in [1.54, 1.807) is 13.0 Å². The summed E-state index contributed by atoms with van der Waals surface area (Å²) in [6.45, 7) is 1.72. The molecule has 0 bridgehead atoms. The number of nitro groups is 1. The maximum absolute atomic E-state index is 12.4. The second kappa shape index (κ2) is 8.23. The Bertz CT molecular complexity index is 1060. The molecule has 1 heterocycles. The minimum absolute atomic E-state index is 0.0776. The Balaban J connectivity index is 1.71. The van der Waals surface area contributed by atoms with Crippen molar-refractivity contribution in [3.63, 3.8) is 0 Å². The third kappa shape index (κ3) is 5.34. The molecule has 1 aromatic heterocycles. The smallest absolute Gasteiger partial charge is 0.406 e. The molecule has 3 rings (SSSR count). The third-order valence-electron chi connectivity index (χ3n) is 3.93. The number of carbonyl (C=O) groups is 1. The minimum atomic E-state index is -4.78. The molecule has 0 aliphatic rings. The number of anilines is 1. The average molecular weight is 420 g/mol. The van der Waals surface area contributed by atoms with Crippen molar-refractivity contribution in [1.29, 1.82) is 0 Å². The number of amides is 1. The highest BCUT2D eigenvalue weighted by atomic mass is 19.4. The quantitative estimate of drug-likeness (QED) is 0.477. The number of ether oxygens (including phenoxy) is 1. The molecule has 1 N–H and O–H groups in total. The van der Waals surface area contributed by atoms with Gasteiger partial charge in [0.1, 0.15) is 11.6 Å². The van der Waals surface area contributed by atoms with Crippen molar-refractivity contribution in [3.05, 3.63) is 76.0 Å². The van der Waals surface area contributed by atoms with E-state index in [1.807, 2.05) is 0 Å². The number of nitrogens with zero attached hydrogens (tertiary/aromatic N) is 3. The lowest BCUT2D eigenvalue weighted by Crippen LogP contribution is -2.18. The molecule has 0 unspecified atom stereocenters. The maximum Gasteiger partial charge on any atom is 0.573 e. The van der Waals surface area contributed by atoms with Crippen LogP contribution in [0, 0.1) is 17.0 Å². The number of hydrogen-bond acceptors (Lipinski definition) is 5. The van der Waals surface area contributed by atoms with Gasteiger partial charge in [0.25, 0.3) is 5.69 Å². The van der Waals surface area contributed by atoms with E-state index >= 15 is 0 Å². The highest BCUT2D eigenvalue weighted by Gasteiger charge is 2.31. The zero-order chi connectivity index (χ0) is 21.9. The first-order valence-corrected chi connectivity index (χ1v) is 8.57. The lowest BCUT2D eigenvalue weighted by atomic mass is 10.1. The second-order valence-electron chi connectivity index (χ2n) is 6.27. The summed E-state index contributed by atoms with van der Waals surface area (Å²) >= 11 is 0. The number of halogens is 3. The van der Waals surface area contributed by atoms with E-state index in [9.17, 15) is 28.1 Å². The van der Waals surface area contributed by atoms with Gasteiger partial charge < -0.3 is 10.1 Å². The number of nitro benzene ring substituents is 1. The number of aryl methyl sites for hydroxylation is 1. The number of carbonyl (C=O) groups excluding carboxylic acids is 1. The molecule has 8 nitrogen and oxygen atoms in total. The van der Waals surface area contributed by atoms with Gasteiger partial charge in [-0.3, -0.25) is 14.9 Å². The van der Waals surface area contributed by atoms with Crippen LogP contribution in [0.1, 0.15) is 11.3 Å². The van der Waals surface area contributed by atoms with Gasteiger partial charge in [0, 0.05) is 18.2 Å². The summed E-state index contributed by atoms with van der Waals surface area (Å²) in [6, 6.07) is 12.2. The van der Waals surface area contributed by atoms with Crippen LogP contribution in [-0.2, 0) is 11.2 Å². The second-order valence-corrected chi connectivity index (χ2v) is 6.27. The Morgan fingerprint density at radius 2 is 1.80 bits per heavy atom. The van der Waals surface area contributed by atoms with Crippen LogP contribution in [0.3, 0.4) is 0 Å². The molecule has 0 spiro atoms. The average Bonchev–Trinajstić information content (AvgIpc) is 3.02. The molecule has 0 fully saturated rings. The van der Waals surface area contributed by atoms with Gasteiger partial charge >= 0.3 is 6.36 Å². The molecule has 2 aromatic carbocycles. The number of alkyl halides is 3. The maximum atomic E-state index is 12.4. The Hall–Kier alpha value is -3.89. The van der Waals surface area contributed by atoms with Crippen LogP contribution in [0.25, 0.3) is 5.69 Å². The van der Waals surface area contributed by atoms with Gasteiger partial charge in [-0.1, -0.05) is 12.1 Å². The van der Waals surface area contributed by atoms with E-state index in [1.165, 1.54) is 41.1 Å². The number of hydrogen-bond donors (Lipinski definition) is 1. The van der Waals surface area contributed by atoms with Crippen molar-refractivity contribution in [2.45, 2.75) is 19.7 Å². The molecular weight excluding hydrogens is 405 g/mol. The van der Waals surface area contributed by atoms with E-state index in [0.717, 1.165) is 12.1 Å². The lowest BCUT2D eigenvalue weighted by Gasteiger charge is -2.10. The first-order valence-electron chi connectivity index (χ1n) is 8.57. The first kappa shape index (κ1) is 20.8. The van der Waals surface area contributed by atoms with Crippen LogP contribution < -0.4 is 10.1 Å². The van der Waals surface area contributed by atoms with E-state index < -0.39 is 17.2 Å². The number of aromatic nitrogens is 2. The Labute approximate surface area is 168 Å². The fourth-order valence-corrected chi connectivity index (χ4v) is 2.68. The Morgan fingerprint density at radius 1 is 1.17 bits per heavy atom. The molecule has 0 atom stereocenters. The van der Waals surface area contributed by atoms with Crippen molar-refractivity contribution in [2.24, 2.45) is 0 Å². The molecule has 0 radical (unpaired) electrons. The van der Waals surface area contributed by atoms with Crippen molar-refractivity contribution >= 4 is 17.4 Å². The van der Waals surface area contributed by atoms with E-state index in [0.29, 0.717) is 22.8 Å². The van der Waals surface area contributed by atoms with Crippen LogP contribution in [0.2, 0.25) is 0 Å². The van der Waals surface area contributed by atoms with E-state index in [-0.39, 0.29) is 17.9 Å². The summed E-state index contributed by atoms with van der Waals surface area (Å²) in [6.07, 6.45) is -4.87. The zero-order valence-electron chi connectivity index (χ0n) is 15.5. The zero-order valence-corrected chi connectivity index (χ0v) is 15.5. The lowest BCUT2D eigenvalue weighted by molar-refractivity contribution is -0.384. The highest BCUT2D eigenvalue weighted by Crippen LogP contribution is 2.23. The fraction of sp³-hybridized carbons (Fsp3) is 0.158. The third-order valence-corrected chi connectivity index (χ3v) is 3.93. The largest absolute Gasteiger partial charge is 0.573 e. The van der Waals surface area contributed by atoms with E-state index in [2.05, 4.69) is 15.2 Å². The Kier molecular flexibility index (Phi) is 5.72. The number of nitrogens with one attached hydrogen (secondary N) is 1. The summed E-state index contributed by atoms with van der Waals surface area (Å²) in [5.41, 5.74) is 1.53. The van der Waals surface area contributed by atoms with Crippen molar-refractivity contribution in [2.75, 3.05) is 5.32 Å². The predicted octanol–water partition coefficient (Wildman–Crippen LogP) is 4.17. The van der Waals surface area contributed by atoms with Crippen LogP contribution in [0.4, 0.5) is 24.7 Å². The summed E-state index contributed by atoms with van der Waals surface area (Å²) in [7, 11) is 0. The van der Waals surface area contributed by atoms with Crippen LogP contribution in [-0.4, -0.2) is 27.0 Å². The molecule has 1 amide bonds. The molecule has 0 aliphatic heterocycles. The number of benzene rings is 2. The summed E-state index contributed by atoms with van der Waals surface area (Å²) in [5, 5.41) is 17.7. The molecule has 30 heavy (non-hydrogen) atoms. The molecule has 156 valence electrons. The van der Waals surface area contributed by atoms with Crippen molar-refractivity contribution in [3.8, 4) is 11.4 Å². The summed E-state index contributed by atoms with van der Waals surface area (Å²) in [4.78, 5) is 22.6. The molecule has 0 saturated heterocycles. The van der Waals surface area contributed by atoms with Crippen LogP contribution in [0.5, 0.6) is 5.75 Å². The normalized spacial score (nSPS) is 11.2. The van der Waals surface area contributed by atoms with Gasteiger partial charge in [-0.05, 0) is 36.8 Å². The predicted molar refractivity (Wildman–Crippen MR) is 100 cm³/mol. The Morgan fingerprint density at radius 3 is 2.37 bits per heavy atom. The first-order chi connectivity index (χ1) is 14.1. The number of rotatable bonds is 6. The molecule has 3 aromatic rings. The van der Waals surface area contributed by atoms with Crippen LogP contribution in [0.15, 0.2) is 54.6 Å².